The molecule has 1 heterocycles. The summed E-state index contributed by atoms with van der Waals surface area (Å²) >= 11 is 0. The Bertz CT molecular complexity index is 559. The zero-order valence-electron chi connectivity index (χ0n) is 14.6. The van der Waals surface area contributed by atoms with Crippen molar-refractivity contribution in [3.63, 3.8) is 0 Å². The van der Waals surface area contributed by atoms with Crippen molar-refractivity contribution in [2.24, 2.45) is 5.41 Å². The van der Waals surface area contributed by atoms with E-state index in [4.69, 9.17) is 4.74 Å². The Hall–Kier alpha value is -1.59. The maximum absolute atomic E-state index is 13.0. The minimum absolute atomic E-state index is 0.00349. The molecule has 1 saturated heterocycles. The molecule has 1 aliphatic rings. The number of likely N-dealkylation sites (tertiary alicyclic amines) is 1. The molecule has 5 heteroatoms. The Morgan fingerprint density at radius 1 is 1.43 bits per heavy atom. The van der Waals surface area contributed by atoms with Crippen LogP contribution in [0, 0.1) is 12.3 Å². The molecular weight excluding hydrogens is 292 g/mol. The fourth-order valence-corrected chi connectivity index (χ4v) is 3.60. The first-order chi connectivity index (χ1) is 10.9. The molecule has 1 atom stereocenters. The molecule has 0 aromatic heterocycles. The summed E-state index contributed by atoms with van der Waals surface area (Å²) in [4.78, 5) is 17.0. The van der Waals surface area contributed by atoms with Gasteiger partial charge >= 0.3 is 0 Å². The number of methoxy groups -OCH3 is 1. The van der Waals surface area contributed by atoms with Crippen molar-refractivity contribution in [3.05, 3.63) is 29.3 Å². The highest BCUT2D eigenvalue weighted by molar-refractivity contribution is 5.98. The van der Waals surface area contributed by atoms with E-state index >= 15 is 0 Å². The molecule has 0 bridgehead atoms. The van der Waals surface area contributed by atoms with Crippen LogP contribution in [-0.4, -0.2) is 68.3 Å². The lowest BCUT2D eigenvalue weighted by molar-refractivity contribution is 0.0137. The molecule has 128 valence electrons. The lowest BCUT2D eigenvalue weighted by atomic mass is 9.80. The van der Waals surface area contributed by atoms with Gasteiger partial charge in [-0.3, -0.25) is 4.79 Å². The molecule has 0 aliphatic carbocycles. The minimum Gasteiger partial charge on any atom is -0.496 e. The van der Waals surface area contributed by atoms with Crippen LogP contribution in [-0.2, 0) is 0 Å². The van der Waals surface area contributed by atoms with Gasteiger partial charge in [0.15, 0.2) is 0 Å². The maximum atomic E-state index is 13.0. The van der Waals surface area contributed by atoms with Crippen molar-refractivity contribution in [1.82, 2.24) is 9.80 Å². The first-order valence-corrected chi connectivity index (χ1v) is 8.11. The summed E-state index contributed by atoms with van der Waals surface area (Å²) in [7, 11) is 5.59. The van der Waals surface area contributed by atoms with Gasteiger partial charge in [-0.2, -0.15) is 0 Å². The number of aliphatic hydroxyl groups excluding tert-OH is 1. The molecule has 1 aromatic rings. The van der Waals surface area contributed by atoms with Gasteiger partial charge in [0.1, 0.15) is 5.75 Å². The van der Waals surface area contributed by atoms with Gasteiger partial charge in [0, 0.05) is 25.0 Å². The first kappa shape index (κ1) is 17.8. The molecule has 0 spiro atoms. The lowest BCUT2D eigenvalue weighted by Crippen LogP contribution is -2.52. The third-order valence-electron chi connectivity index (χ3n) is 4.60. The second kappa shape index (κ2) is 7.32. The molecule has 5 nitrogen and oxygen atoms in total. The predicted octanol–water partition coefficient (Wildman–Crippen LogP) is 1.78. The van der Waals surface area contributed by atoms with Crippen molar-refractivity contribution < 1.29 is 14.6 Å². The third-order valence-corrected chi connectivity index (χ3v) is 4.60. The van der Waals surface area contributed by atoms with E-state index in [0.717, 1.165) is 31.5 Å². The monoisotopic (exact) mass is 320 g/mol. The standard InChI is InChI=1S/C18H28N2O3/c1-14-7-5-8-15(23-4)16(14)17(22)20-10-6-9-18(12-20,13-21)11-19(2)3/h5,7-8,21H,6,9-13H2,1-4H3. The smallest absolute Gasteiger partial charge is 0.257 e. The van der Waals surface area contributed by atoms with Gasteiger partial charge in [-0.25, -0.2) is 0 Å². The molecule has 1 N–H and O–H groups in total. The summed E-state index contributed by atoms with van der Waals surface area (Å²) < 4.78 is 5.38. The minimum atomic E-state index is -0.243. The SMILES string of the molecule is COc1cccc(C)c1C(=O)N1CCCC(CO)(CN(C)C)C1. The fourth-order valence-electron chi connectivity index (χ4n) is 3.60. The number of aliphatic hydroxyl groups is 1. The Labute approximate surface area is 138 Å². The van der Waals surface area contributed by atoms with Gasteiger partial charge in [0.05, 0.1) is 19.3 Å². The van der Waals surface area contributed by atoms with Gasteiger partial charge in [0.25, 0.3) is 5.91 Å². The highest BCUT2D eigenvalue weighted by atomic mass is 16.5. The Kier molecular flexibility index (Phi) is 5.65. The third kappa shape index (κ3) is 3.85. The number of nitrogens with zero attached hydrogens (tertiary/aromatic N) is 2. The maximum Gasteiger partial charge on any atom is 0.257 e. The summed E-state index contributed by atoms with van der Waals surface area (Å²) in [6.07, 6.45) is 1.85. The summed E-state index contributed by atoms with van der Waals surface area (Å²) in [6.45, 7) is 4.11. The van der Waals surface area contributed by atoms with E-state index < -0.39 is 0 Å². The number of hydrogen-bond donors (Lipinski definition) is 1. The van der Waals surface area contributed by atoms with Crippen molar-refractivity contribution in [2.45, 2.75) is 19.8 Å². The van der Waals surface area contributed by atoms with Crippen LogP contribution in [0.5, 0.6) is 5.75 Å². The molecule has 1 fully saturated rings. The number of carbonyl (C=O) groups is 1. The number of benzene rings is 1. The lowest BCUT2D eigenvalue weighted by Gasteiger charge is -2.43. The van der Waals surface area contributed by atoms with Gasteiger partial charge < -0.3 is 19.6 Å². The highest BCUT2D eigenvalue weighted by Gasteiger charge is 2.38. The van der Waals surface area contributed by atoms with Gasteiger partial charge in [-0.1, -0.05) is 12.1 Å². The van der Waals surface area contributed by atoms with Crippen LogP contribution in [0.4, 0.5) is 0 Å². The number of rotatable bonds is 5. The number of aryl methyl sites for hydroxylation is 1. The molecule has 1 aromatic carbocycles. The number of hydrogen-bond acceptors (Lipinski definition) is 4. The summed E-state index contributed by atoms with van der Waals surface area (Å²) in [5.41, 5.74) is 1.31. The van der Waals surface area contributed by atoms with Crippen LogP contribution in [0.3, 0.4) is 0 Å². The van der Waals surface area contributed by atoms with Gasteiger partial charge in [-0.15, -0.1) is 0 Å². The van der Waals surface area contributed by atoms with E-state index in [1.807, 2.05) is 44.1 Å². The van der Waals surface area contributed by atoms with E-state index in [0.29, 0.717) is 17.9 Å². The van der Waals surface area contributed by atoms with E-state index in [2.05, 4.69) is 4.90 Å². The first-order valence-electron chi connectivity index (χ1n) is 8.11. The number of carbonyl (C=O) groups excluding carboxylic acids is 1. The number of piperidine rings is 1. The van der Waals surface area contributed by atoms with Gasteiger partial charge in [-0.05, 0) is 45.5 Å². The molecule has 1 aliphatic heterocycles. The van der Waals surface area contributed by atoms with Crippen LogP contribution < -0.4 is 4.74 Å². The van der Waals surface area contributed by atoms with Crippen molar-refractivity contribution in [3.8, 4) is 5.75 Å². The van der Waals surface area contributed by atoms with E-state index in [-0.39, 0.29) is 17.9 Å². The number of ether oxygens (including phenoxy) is 1. The van der Waals surface area contributed by atoms with E-state index in [9.17, 15) is 9.90 Å². The summed E-state index contributed by atoms with van der Waals surface area (Å²) in [5, 5.41) is 9.93. The fraction of sp³-hybridized carbons (Fsp3) is 0.611. The predicted molar refractivity (Wildman–Crippen MR) is 90.9 cm³/mol. The Morgan fingerprint density at radius 3 is 2.78 bits per heavy atom. The molecule has 1 amide bonds. The normalized spacial score (nSPS) is 21.6. The van der Waals surface area contributed by atoms with Crippen molar-refractivity contribution in [1.29, 1.82) is 0 Å². The Balaban J connectivity index is 2.26. The van der Waals surface area contributed by atoms with Crippen molar-refractivity contribution in [2.75, 3.05) is 47.4 Å². The van der Waals surface area contributed by atoms with Crippen LogP contribution in [0.25, 0.3) is 0 Å². The zero-order chi connectivity index (χ0) is 17.0. The van der Waals surface area contributed by atoms with Crippen LogP contribution >= 0.6 is 0 Å². The molecule has 0 radical (unpaired) electrons. The molecule has 1 unspecified atom stereocenters. The second-order valence-corrected chi connectivity index (χ2v) is 6.88. The topological polar surface area (TPSA) is 53.0 Å². The average Bonchev–Trinajstić information content (AvgIpc) is 2.53. The molecule has 23 heavy (non-hydrogen) atoms. The van der Waals surface area contributed by atoms with Crippen LogP contribution in [0.1, 0.15) is 28.8 Å². The van der Waals surface area contributed by atoms with Crippen molar-refractivity contribution >= 4 is 5.91 Å². The molecular formula is C18H28N2O3. The summed E-state index contributed by atoms with van der Waals surface area (Å²) in [6, 6.07) is 5.65. The highest BCUT2D eigenvalue weighted by Crippen LogP contribution is 2.32. The molecule has 0 saturated carbocycles. The average molecular weight is 320 g/mol. The van der Waals surface area contributed by atoms with Crippen LogP contribution in [0.2, 0.25) is 0 Å². The largest absolute Gasteiger partial charge is 0.496 e. The molecule has 2 rings (SSSR count). The van der Waals surface area contributed by atoms with E-state index in [1.54, 1.807) is 7.11 Å². The van der Waals surface area contributed by atoms with Gasteiger partial charge in [0.2, 0.25) is 0 Å². The number of amides is 1. The summed E-state index contributed by atoms with van der Waals surface area (Å²) in [5.74, 6) is 0.610. The zero-order valence-corrected chi connectivity index (χ0v) is 14.6. The Morgan fingerprint density at radius 2 is 2.17 bits per heavy atom. The quantitative estimate of drug-likeness (QED) is 0.898. The van der Waals surface area contributed by atoms with Crippen LogP contribution in [0.15, 0.2) is 18.2 Å². The second-order valence-electron chi connectivity index (χ2n) is 6.88. The van der Waals surface area contributed by atoms with E-state index in [1.165, 1.54) is 0 Å².